The van der Waals surface area contributed by atoms with E-state index in [9.17, 15) is 0 Å². The Labute approximate surface area is 71.8 Å². The summed E-state index contributed by atoms with van der Waals surface area (Å²) in [6, 6.07) is 8.12. The average molecular weight is 164 g/mol. The molecule has 0 saturated carbocycles. The second kappa shape index (κ2) is 2.88. The first-order valence-corrected chi connectivity index (χ1v) is 4.15. The summed E-state index contributed by atoms with van der Waals surface area (Å²) < 4.78 is 5.28. The number of rotatable bonds is 2. The molecule has 1 aromatic rings. The molecule has 0 bridgehead atoms. The maximum Gasteiger partial charge on any atom is 0.112 e. The highest BCUT2D eigenvalue weighted by atomic mass is 16.6. The van der Waals surface area contributed by atoms with Crippen LogP contribution in [0.1, 0.15) is 17.2 Å². The molecule has 2 heteroatoms. The third-order valence-electron chi connectivity index (χ3n) is 2.26. The molecule has 0 spiro atoms. The molecule has 1 aromatic carbocycles. The number of aryl methyl sites for hydroxylation is 1. The van der Waals surface area contributed by atoms with Crippen molar-refractivity contribution in [1.82, 2.24) is 0 Å². The molecule has 1 N–H and O–H groups in total. The van der Waals surface area contributed by atoms with Gasteiger partial charge >= 0.3 is 0 Å². The predicted octanol–water partition coefficient (Wildman–Crippen LogP) is 1.43. The van der Waals surface area contributed by atoms with Crippen LogP contribution in [0.2, 0.25) is 0 Å². The fraction of sp³-hybridized carbons (Fsp3) is 0.400. The Morgan fingerprint density at radius 2 is 2.17 bits per heavy atom. The number of hydrogen-bond donors (Lipinski definition) is 1. The number of hydrogen-bond acceptors (Lipinski definition) is 2. The van der Waals surface area contributed by atoms with Gasteiger partial charge in [0.15, 0.2) is 0 Å². The summed E-state index contributed by atoms with van der Waals surface area (Å²) in [5, 5.41) is 8.80. The first-order valence-electron chi connectivity index (χ1n) is 4.15. The lowest BCUT2D eigenvalue weighted by Crippen LogP contribution is -1.95. The topological polar surface area (TPSA) is 32.8 Å². The van der Waals surface area contributed by atoms with Crippen LogP contribution in [0.25, 0.3) is 0 Å². The highest BCUT2D eigenvalue weighted by Gasteiger charge is 2.39. The van der Waals surface area contributed by atoms with Gasteiger partial charge in [-0.1, -0.05) is 24.3 Å². The summed E-state index contributed by atoms with van der Waals surface area (Å²) in [6.45, 7) is 2.18. The summed E-state index contributed by atoms with van der Waals surface area (Å²) in [6.07, 6.45) is 0.169. The van der Waals surface area contributed by atoms with Crippen LogP contribution in [0.4, 0.5) is 0 Å². The average Bonchev–Trinajstić information content (AvgIpc) is 2.84. The summed E-state index contributed by atoms with van der Waals surface area (Å²) in [7, 11) is 0. The summed E-state index contributed by atoms with van der Waals surface area (Å²) in [5.41, 5.74) is 2.44. The molecule has 0 aliphatic carbocycles. The SMILES string of the molecule is Cc1ccccc1[C@@H]1O[C@@H]1CO. The van der Waals surface area contributed by atoms with E-state index >= 15 is 0 Å². The molecule has 2 rings (SSSR count). The Balaban J connectivity index is 2.19. The first kappa shape index (κ1) is 7.77. The van der Waals surface area contributed by atoms with Gasteiger partial charge in [0.1, 0.15) is 12.2 Å². The molecule has 1 aliphatic rings. The van der Waals surface area contributed by atoms with Gasteiger partial charge in [-0.3, -0.25) is 0 Å². The summed E-state index contributed by atoms with van der Waals surface area (Å²) in [5.74, 6) is 0. The molecule has 0 unspecified atom stereocenters. The predicted molar refractivity (Wildman–Crippen MR) is 45.9 cm³/mol. The number of epoxide rings is 1. The molecule has 1 saturated heterocycles. The molecular formula is C10H12O2. The fourth-order valence-corrected chi connectivity index (χ4v) is 1.46. The molecular weight excluding hydrogens is 152 g/mol. The highest BCUT2D eigenvalue weighted by molar-refractivity contribution is 5.30. The van der Waals surface area contributed by atoms with Gasteiger partial charge in [0.2, 0.25) is 0 Å². The second-order valence-electron chi connectivity index (χ2n) is 3.13. The van der Waals surface area contributed by atoms with Gasteiger partial charge in [-0.2, -0.15) is 0 Å². The molecule has 12 heavy (non-hydrogen) atoms. The van der Waals surface area contributed by atoms with Crippen molar-refractivity contribution in [2.45, 2.75) is 19.1 Å². The number of ether oxygens (including phenoxy) is 1. The molecule has 0 aromatic heterocycles. The van der Waals surface area contributed by atoms with Gasteiger partial charge in [-0.05, 0) is 18.1 Å². The lowest BCUT2D eigenvalue weighted by atomic mass is 10.0. The third kappa shape index (κ3) is 1.24. The molecule has 2 nitrogen and oxygen atoms in total. The zero-order chi connectivity index (χ0) is 8.55. The first-order chi connectivity index (χ1) is 5.83. The summed E-state index contributed by atoms with van der Waals surface area (Å²) in [4.78, 5) is 0. The van der Waals surface area contributed by atoms with E-state index in [-0.39, 0.29) is 18.8 Å². The van der Waals surface area contributed by atoms with Gasteiger partial charge in [0, 0.05) is 0 Å². The van der Waals surface area contributed by atoms with Crippen molar-refractivity contribution in [3.8, 4) is 0 Å². The Morgan fingerprint density at radius 1 is 1.42 bits per heavy atom. The maximum atomic E-state index is 8.80. The zero-order valence-corrected chi connectivity index (χ0v) is 7.03. The Hall–Kier alpha value is -0.860. The van der Waals surface area contributed by atoms with E-state index in [1.54, 1.807) is 0 Å². The molecule has 0 amide bonds. The van der Waals surface area contributed by atoms with Crippen LogP contribution >= 0.6 is 0 Å². The van der Waals surface area contributed by atoms with Crippen LogP contribution < -0.4 is 0 Å². The van der Waals surface area contributed by atoms with Crippen LogP contribution in [0.5, 0.6) is 0 Å². The highest BCUT2D eigenvalue weighted by Crippen LogP contribution is 2.39. The Bertz CT molecular complexity index is 283. The minimum absolute atomic E-state index is 0.0334. The minimum Gasteiger partial charge on any atom is -0.394 e. The standard InChI is InChI=1S/C10H12O2/c1-7-4-2-3-5-8(7)10-9(6-11)12-10/h2-5,9-11H,6H2,1H3/t9-,10+/m1/s1. The van der Waals surface area contributed by atoms with E-state index in [4.69, 9.17) is 9.84 Å². The van der Waals surface area contributed by atoms with Crippen LogP contribution in [-0.4, -0.2) is 17.8 Å². The van der Waals surface area contributed by atoms with Crippen molar-refractivity contribution in [2.75, 3.05) is 6.61 Å². The maximum absolute atomic E-state index is 8.80. The van der Waals surface area contributed by atoms with Crippen LogP contribution in [0.3, 0.4) is 0 Å². The van der Waals surface area contributed by atoms with Crippen LogP contribution in [-0.2, 0) is 4.74 Å². The van der Waals surface area contributed by atoms with Gasteiger partial charge in [-0.25, -0.2) is 0 Å². The largest absolute Gasteiger partial charge is 0.394 e. The van der Waals surface area contributed by atoms with Gasteiger partial charge in [0.25, 0.3) is 0 Å². The monoisotopic (exact) mass is 164 g/mol. The van der Waals surface area contributed by atoms with Crippen molar-refractivity contribution in [3.63, 3.8) is 0 Å². The van der Waals surface area contributed by atoms with Crippen molar-refractivity contribution < 1.29 is 9.84 Å². The summed E-state index contributed by atoms with van der Waals surface area (Å²) >= 11 is 0. The number of aliphatic hydroxyl groups is 1. The second-order valence-corrected chi connectivity index (χ2v) is 3.13. The molecule has 2 atom stereocenters. The number of aliphatic hydroxyl groups excluding tert-OH is 1. The molecule has 1 heterocycles. The lowest BCUT2D eigenvalue weighted by Gasteiger charge is -1.99. The lowest BCUT2D eigenvalue weighted by molar-refractivity contribution is 0.242. The van der Waals surface area contributed by atoms with E-state index in [1.165, 1.54) is 11.1 Å². The van der Waals surface area contributed by atoms with Crippen molar-refractivity contribution in [3.05, 3.63) is 35.4 Å². The van der Waals surface area contributed by atoms with E-state index in [0.29, 0.717) is 0 Å². The zero-order valence-electron chi connectivity index (χ0n) is 7.03. The van der Waals surface area contributed by atoms with Crippen LogP contribution in [0.15, 0.2) is 24.3 Å². The van der Waals surface area contributed by atoms with E-state index in [2.05, 4.69) is 19.1 Å². The minimum atomic E-state index is 0.0334. The van der Waals surface area contributed by atoms with Gasteiger partial charge in [-0.15, -0.1) is 0 Å². The number of benzene rings is 1. The molecule has 0 radical (unpaired) electrons. The Kier molecular flexibility index (Phi) is 1.87. The van der Waals surface area contributed by atoms with E-state index in [1.807, 2.05) is 12.1 Å². The van der Waals surface area contributed by atoms with Crippen molar-refractivity contribution >= 4 is 0 Å². The van der Waals surface area contributed by atoms with Crippen molar-refractivity contribution in [1.29, 1.82) is 0 Å². The fourth-order valence-electron chi connectivity index (χ4n) is 1.46. The quantitative estimate of drug-likeness (QED) is 0.671. The van der Waals surface area contributed by atoms with Gasteiger partial charge in [0.05, 0.1) is 6.61 Å². The molecule has 1 aliphatic heterocycles. The van der Waals surface area contributed by atoms with Crippen LogP contribution in [0, 0.1) is 6.92 Å². The van der Waals surface area contributed by atoms with E-state index in [0.717, 1.165) is 0 Å². The smallest absolute Gasteiger partial charge is 0.112 e. The van der Waals surface area contributed by atoms with E-state index < -0.39 is 0 Å². The Morgan fingerprint density at radius 3 is 2.75 bits per heavy atom. The molecule has 1 fully saturated rings. The van der Waals surface area contributed by atoms with Gasteiger partial charge < -0.3 is 9.84 Å². The normalized spacial score (nSPS) is 27.2. The van der Waals surface area contributed by atoms with Crippen molar-refractivity contribution in [2.24, 2.45) is 0 Å². The third-order valence-corrected chi connectivity index (χ3v) is 2.26. The molecule has 64 valence electrons.